The van der Waals surface area contributed by atoms with Crippen molar-refractivity contribution in [1.29, 1.82) is 0 Å². The summed E-state index contributed by atoms with van der Waals surface area (Å²) >= 11 is 0. The third kappa shape index (κ3) is 5.04. The Kier molecular flexibility index (Phi) is 7.18. The Labute approximate surface area is 303 Å². The van der Waals surface area contributed by atoms with Gasteiger partial charge in [0.05, 0.1) is 11.0 Å². The summed E-state index contributed by atoms with van der Waals surface area (Å²) < 4.78 is 2.42. The number of hydrogen-bond acceptors (Lipinski definition) is 1. The van der Waals surface area contributed by atoms with E-state index in [9.17, 15) is 0 Å². The molecule has 2 heteroatoms. The van der Waals surface area contributed by atoms with Gasteiger partial charge in [0.2, 0.25) is 0 Å². The summed E-state index contributed by atoms with van der Waals surface area (Å²) in [6, 6.07) is 74.5. The van der Waals surface area contributed by atoms with Gasteiger partial charge in [0.1, 0.15) is 0 Å². The van der Waals surface area contributed by atoms with Crippen LogP contribution in [0.1, 0.15) is 0 Å². The molecule has 0 fully saturated rings. The molecule has 0 bridgehead atoms. The first kappa shape index (κ1) is 30.0. The van der Waals surface area contributed by atoms with Crippen LogP contribution in [0.3, 0.4) is 0 Å². The summed E-state index contributed by atoms with van der Waals surface area (Å²) in [6.45, 7) is 0. The summed E-state index contributed by atoms with van der Waals surface area (Å²) in [5.74, 6) is 0. The second-order valence-corrected chi connectivity index (χ2v) is 13.4. The molecule has 10 aromatic rings. The van der Waals surface area contributed by atoms with E-state index in [0.717, 1.165) is 22.7 Å². The van der Waals surface area contributed by atoms with Gasteiger partial charge >= 0.3 is 0 Å². The normalized spacial score (nSPS) is 11.5. The lowest BCUT2D eigenvalue weighted by Crippen LogP contribution is -2.09. The van der Waals surface area contributed by atoms with Crippen molar-refractivity contribution >= 4 is 60.4 Å². The lowest BCUT2D eigenvalue weighted by molar-refractivity contribution is 1.19. The van der Waals surface area contributed by atoms with Gasteiger partial charge in [-0.2, -0.15) is 0 Å². The summed E-state index contributed by atoms with van der Waals surface area (Å²) in [7, 11) is 0. The van der Waals surface area contributed by atoms with E-state index in [2.05, 4.69) is 216 Å². The smallest absolute Gasteiger partial charge is 0.0619 e. The number of benzene rings is 9. The predicted molar refractivity (Wildman–Crippen MR) is 221 cm³/mol. The fraction of sp³-hybridized carbons (Fsp3) is 0. The highest BCUT2D eigenvalue weighted by molar-refractivity contribution is 6.18. The number of aromatic nitrogens is 1. The number of nitrogens with zero attached hydrogens (tertiary/aromatic N) is 2. The van der Waals surface area contributed by atoms with Gasteiger partial charge in [-0.1, -0.05) is 152 Å². The lowest BCUT2D eigenvalue weighted by atomic mass is 9.98. The molecule has 0 atom stereocenters. The zero-order chi connectivity index (χ0) is 34.4. The molecule has 0 spiro atoms. The lowest BCUT2D eigenvalue weighted by Gasteiger charge is -2.26. The third-order valence-electron chi connectivity index (χ3n) is 10.4. The van der Waals surface area contributed by atoms with Crippen LogP contribution in [-0.4, -0.2) is 4.57 Å². The van der Waals surface area contributed by atoms with Crippen molar-refractivity contribution in [3.8, 4) is 27.9 Å². The maximum Gasteiger partial charge on any atom is 0.0619 e. The van der Waals surface area contributed by atoms with Gasteiger partial charge in [0.15, 0.2) is 0 Å². The average Bonchev–Trinajstić information content (AvgIpc) is 3.57. The maximum atomic E-state index is 2.42. The van der Waals surface area contributed by atoms with E-state index in [1.807, 2.05) is 0 Å². The molecule has 52 heavy (non-hydrogen) atoms. The minimum absolute atomic E-state index is 1.11. The van der Waals surface area contributed by atoms with Crippen molar-refractivity contribution < 1.29 is 0 Å². The molecule has 9 aromatic carbocycles. The Morgan fingerprint density at radius 3 is 1.54 bits per heavy atom. The number of hydrogen-bond donors (Lipinski definition) is 0. The number of fused-ring (bicyclic) bond motifs is 6. The largest absolute Gasteiger partial charge is 0.311 e. The first-order valence-electron chi connectivity index (χ1n) is 17.9. The molecule has 0 amide bonds. The van der Waals surface area contributed by atoms with Crippen molar-refractivity contribution in [3.05, 3.63) is 206 Å². The number of para-hydroxylation sites is 2. The third-order valence-corrected chi connectivity index (χ3v) is 10.4. The highest BCUT2D eigenvalue weighted by Gasteiger charge is 2.16. The van der Waals surface area contributed by atoms with Crippen LogP contribution in [0.15, 0.2) is 206 Å². The van der Waals surface area contributed by atoms with Crippen LogP contribution in [0.4, 0.5) is 17.1 Å². The molecule has 0 radical (unpaired) electrons. The van der Waals surface area contributed by atoms with Gasteiger partial charge in [0, 0.05) is 38.9 Å². The molecule has 0 aliphatic heterocycles. The minimum atomic E-state index is 1.11. The van der Waals surface area contributed by atoms with Gasteiger partial charge in [0.25, 0.3) is 0 Å². The summed E-state index contributed by atoms with van der Waals surface area (Å²) in [4.78, 5) is 2.33. The van der Waals surface area contributed by atoms with Gasteiger partial charge in [-0.05, 0) is 93.0 Å². The molecule has 2 nitrogen and oxygen atoms in total. The molecule has 0 aliphatic rings. The van der Waals surface area contributed by atoms with E-state index >= 15 is 0 Å². The Hall–Kier alpha value is -6.90. The first-order valence-corrected chi connectivity index (χ1v) is 17.9. The van der Waals surface area contributed by atoms with Crippen LogP contribution >= 0.6 is 0 Å². The van der Waals surface area contributed by atoms with Gasteiger partial charge in [-0.3, -0.25) is 0 Å². The Morgan fingerprint density at radius 2 is 0.827 bits per heavy atom. The molecule has 0 aliphatic carbocycles. The predicted octanol–water partition coefficient (Wildman–Crippen LogP) is 13.9. The molecule has 1 aromatic heterocycles. The summed E-state index contributed by atoms with van der Waals surface area (Å²) in [6.07, 6.45) is 0. The fourth-order valence-corrected chi connectivity index (χ4v) is 7.90. The van der Waals surface area contributed by atoms with Crippen molar-refractivity contribution in [2.45, 2.75) is 0 Å². The molecular formula is C50H34N2. The molecule has 10 rings (SSSR count). The molecule has 1 heterocycles. The van der Waals surface area contributed by atoms with Crippen molar-refractivity contribution in [1.82, 2.24) is 4.57 Å². The monoisotopic (exact) mass is 662 g/mol. The molecule has 0 N–H and O–H groups in total. The second kappa shape index (κ2) is 12.5. The topological polar surface area (TPSA) is 8.17 Å². The molecular weight excluding hydrogens is 629 g/mol. The van der Waals surface area contributed by atoms with Crippen molar-refractivity contribution in [2.75, 3.05) is 4.90 Å². The Morgan fingerprint density at radius 1 is 0.308 bits per heavy atom. The Balaban J connectivity index is 0.998. The van der Waals surface area contributed by atoms with E-state index in [-0.39, 0.29) is 0 Å². The second-order valence-electron chi connectivity index (χ2n) is 13.4. The molecule has 0 unspecified atom stereocenters. The zero-order valence-electron chi connectivity index (χ0n) is 28.5. The summed E-state index contributed by atoms with van der Waals surface area (Å²) in [5, 5.41) is 7.59. The van der Waals surface area contributed by atoms with E-state index in [1.54, 1.807) is 0 Å². The summed E-state index contributed by atoms with van der Waals surface area (Å²) in [5.41, 5.74) is 11.8. The van der Waals surface area contributed by atoms with Crippen LogP contribution in [0, 0.1) is 0 Å². The van der Waals surface area contributed by atoms with E-state index in [0.29, 0.717) is 0 Å². The van der Waals surface area contributed by atoms with E-state index in [1.165, 1.54) is 65.6 Å². The highest BCUT2D eigenvalue weighted by Crippen LogP contribution is 2.39. The van der Waals surface area contributed by atoms with Crippen molar-refractivity contribution in [2.24, 2.45) is 0 Å². The molecule has 0 saturated heterocycles. The Bertz CT molecular complexity index is 2860. The van der Waals surface area contributed by atoms with E-state index in [4.69, 9.17) is 0 Å². The number of rotatable bonds is 6. The van der Waals surface area contributed by atoms with Gasteiger partial charge in [-0.15, -0.1) is 0 Å². The van der Waals surface area contributed by atoms with Crippen molar-refractivity contribution in [3.63, 3.8) is 0 Å². The standard InChI is InChI=1S/C50H34N2/c1-2-14-40(15-3-1)51(42-32-25-39(26-33-42)45-19-10-13-37-11-4-6-16-44(37)45)41-28-21-35(22-29-41)36-23-30-43(31-24-36)52-49-20-9-8-18-47(49)48-34-27-38-12-5-7-17-46(38)50(48)52/h1-34H. The maximum absolute atomic E-state index is 2.42. The highest BCUT2D eigenvalue weighted by atomic mass is 15.1. The van der Waals surface area contributed by atoms with Gasteiger partial charge in [-0.25, -0.2) is 0 Å². The van der Waals surface area contributed by atoms with Gasteiger partial charge < -0.3 is 9.47 Å². The van der Waals surface area contributed by atoms with Crippen LogP contribution < -0.4 is 4.90 Å². The quantitative estimate of drug-likeness (QED) is 0.172. The SMILES string of the molecule is c1ccc(N(c2ccc(-c3ccc(-n4c5ccccc5c5ccc6ccccc6c54)cc3)cc2)c2ccc(-c3cccc4ccccc34)cc2)cc1. The van der Waals surface area contributed by atoms with Crippen LogP contribution in [0.2, 0.25) is 0 Å². The molecule has 244 valence electrons. The van der Waals surface area contributed by atoms with E-state index < -0.39 is 0 Å². The average molecular weight is 663 g/mol. The fourth-order valence-electron chi connectivity index (χ4n) is 7.90. The van der Waals surface area contributed by atoms with Crippen LogP contribution in [-0.2, 0) is 0 Å². The zero-order valence-corrected chi connectivity index (χ0v) is 28.5. The first-order chi connectivity index (χ1) is 25.8. The molecule has 0 saturated carbocycles. The van der Waals surface area contributed by atoms with Crippen LogP contribution in [0.5, 0.6) is 0 Å². The van der Waals surface area contributed by atoms with Crippen LogP contribution in [0.25, 0.3) is 71.3 Å². The number of anilines is 3. The minimum Gasteiger partial charge on any atom is -0.311 e.